The minimum Gasteiger partial charge on any atom is -0.463 e. The fourth-order valence-corrected chi connectivity index (χ4v) is 3.33. The lowest BCUT2D eigenvalue weighted by Gasteiger charge is -2.25. The molecule has 1 aliphatic heterocycles. The first-order valence-corrected chi connectivity index (χ1v) is 12.3. The first-order valence-electron chi connectivity index (χ1n) is 12.3. The quantitative estimate of drug-likeness (QED) is 0.260. The summed E-state index contributed by atoms with van der Waals surface area (Å²) in [4.78, 5) is 51.4. The Hall–Kier alpha value is -2.20. The topological polar surface area (TPSA) is 118 Å². The van der Waals surface area contributed by atoms with Gasteiger partial charge in [-0.15, -0.1) is 0 Å². The SMILES string of the molecule is CC(C)CC(=O)O[C@@H]1O[C@H](COC(=O)CCN(C)C)[C@@H](OC(=O)CC(C)C)[C@H]1OC(=O)CC(C)C. The van der Waals surface area contributed by atoms with Crippen LogP contribution >= 0.6 is 0 Å². The number of carbonyl (C=O) groups is 4. The summed E-state index contributed by atoms with van der Waals surface area (Å²) < 4.78 is 27.9. The Kier molecular flexibility index (Phi) is 13.2. The average Bonchev–Trinajstić information content (AvgIpc) is 2.98. The summed E-state index contributed by atoms with van der Waals surface area (Å²) in [5.41, 5.74) is 0. The summed E-state index contributed by atoms with van der Waals surface area (Å²) in [6, 6.07) is 0. The lowest BCUT2D eigenvalue weighted by Crippen LogP contribution is -2.43. The molecule has 0 saturated carbocycles. The van der Waals surface area contributed by atoms with Crippen molar-refractivity contribution in [2.45, 2.75) is 91.8 Å². The standard InChI is InChI=1S/C25H43NO9/c1-15(2)11-20(28)33-23-18(14-31-19(27)9-10-26(7)8)32-25(35-22(30)13-17(5)6)24(23)34-21(29)12-16(3)4/h15-18,23-25H,9-14H2,1-8H3/t18-,23-,24-,25+/m1/s1. The molecule has 0 aromatic rings. The maximum atomic E-state index is 12.5. The molecule has 4 atom stereocenters. The van der Waals surface area contributed by atoms with Gasteiger partial charge in [0.15, 0.2) is 6.10 Å². The highest BCUT2D eigenvalue weighted by Gasteiger charge is 2.52. The minimum atomic E-state index is -1.29. The summed E-state index contributed by atoms with van der Waals surface area (Å²) in [6.07, 6.45) is -3.99. The summed E-state index contributed by atoms with van der Waals surface area (Å²) >= 11 is 0. The molecular formula is C25H43NO9. The van der Waals surface area contributed by atoms with E-state index in [1.165, 1.54) is 0 Å². The number of hydrogen-bond donors (Lipinski definition) is 0. The molecular weight excluding hydrogens is 458 g/mol. The predicted molar refractivity (Wildman–Crippen MR) is 127 cm³/mol. The molecule has 0 unspecified atom stereocenters. The van der Waals surface area contributed by atoms with Crippen molar-refractivity contribution in [3.63, 3.8) is 0 Å². The zero-order valence-corrected chi connectivity index (χ0v) is 22.4. The van der Waals surface area contributed by atoms with Gasteiger partial charge in [-0.3, -0.25) is 19.2 Å². The normalized spacial score (nSPS) is 22.1. The van der Waals surface area contributed by atoms with Crippen molar-refractivity contribution in [2.24, 2.45) is 17.8 Å². The van der Waals surface area contributed by atoms with Crippen LogP contribution in [0.25, 0.3) is 0 Å². The van der Waals surface area contributed by atoms with Gasteiger partial charge in [-0.2, -0.15) is 0 Å². The van der Waals surface area contributed by atoms with Crippen LogP contribution in [0.4, 0.5) is 0 Å². The van der Waals surface area contributed by atoms with Crippen LogP contribution < -0.4 is 0 Å². The van der Waals surface area contributed by atoms with Crippen molar-refractivity contribution in [3.05, 3.63) is 0 Å². The van der Waals surface area contributed by atoms with Gasteiger partial charge in [0, 0.05) is 25.8 Å². The van der Waals surface area contributed by atoms with Crippen molar-refractivity contribution in [1.29, 1.82) is 0 Å². The number of carbonyl (C=O) groups excluding carboxylic acids is 4. The van der Waals surface area contributed by atoms with E-state index in [2.05, 4.69) is 0 Å². The molecule has 0 aliphatic carbocycles. The molecule has 0 spiro atoms. The smallest absolute Gasteiger partial charge is 0.308 e. The number of nitrogens with zero attached hydrogens (tertiary/aromatic N) is 1. The third-order valence-corrected chi connectivity index (χ3v) is 4.95. The molecule has 1 aliphatic rings. The minimum absolute atomic E-state index is 0.0298. The second kappa shape index (κ2) is 15.0. The van der Waals surface area contributed by atoms with Gasteiger partial charge in [-0.25, -0.2) is 0 Å². The molecule has 1 saturated heterocycles. The number of esters is 4. The molecule has 1 heterocycles. The van der Waals surface area contributed by atoms with Gasteiger partial charge in [0.05, 0.1) is 6.42 Å². The fraction of sp³-hybridized carbons (Fsp3) is 0.840. The Morgan fingerprint density at radius 2 is 1.17 bits per heavy atom. The maximum absolute atomic E-state index is 12.5. The van der Waals surface area contributed by atoms with Gasteiger partial charge in [0.1, 0.15) is 12.7 Å². The van der Waals surface area contributed by atoms with Gasteiger partial charge in [0.25, 0.3) is 0 Å². The van der Waals surface area contributed by atoms with Crippen molar-refractivity contribution >= 4 is 23.9 Å². The second-order valence-corrected chi connectivity index (χ2v) is 10.5. The second-order valence-electron chi connectivity index (χ2n) is 10.5. The van der Waals surface area contributed by atoms with Crippen LogP contribution in [-0.2, 0) is 42.9 Å². The Morgan fingerprint density at radius 3 is 1.63 bits per heavy atom. The van der Waals surface area contributed by atoms with Crippen LogP contribution in [0.2, 0.25) is 0 Å². The molecule has 0 N–H and O–H groups in total. The van der Waals surface area contributed by atoms with E-state index >= 15 is 0 Å². The van der Waals surface area contributed by atoms with Crippen molar-refractivity contribution in [2.75, 3.05) is 27.2 Å². The molecule has 202 valence electrons. The Morgan fingerprint density at radius 1 is 0.714 bits per heavy atom. The zero-order valence-electron chi connectivity index (χ0n) is 22.4. The van der Waals surface area contributed by atoms with Crippen LogP contribution in [0.15, 0.2) is 0 Å². The molecule has 0 bridgehead atoms. The van der Waals surface area contributed by atoms with Gasteiger partial charge in [0.2, 0.25) is 12.4 Å². The molecule has 10 nitrogen and oxygen atoms in total. The first kappa shape index (κ1) is 30.8. The average molecular weight is 502 g/mol. The Labute approximate surface area is 208 Å². The third-order valence-electron chi connectivity index (χ3n) is 4.95. The van der Waals surface area contributed by atoms with E-state index < -0.39 is 48.5 Å². The molecule has 0 aromatic heterocycles. The first-order chi connectivity index (χ1) is 16.3. The summed E-state index contributed by atoms with van der Waals surface area (Å²) in [5, 5.41) is 0. The maximum Gasteiger partial charge on any atom is 0.308 e. The predicted octanol–water partition coefficient (Wildman–Crippen LogP) is 2.71. The van der Waals surface area contributed by atoms with Crippen molar-refractivity contribution in [1.82, 2.24) is 4.90 Å². The molecule has 1 rings (SSSR count). The van der Waals surface area contributed by atoms with E-state index in [0.29, 0.717) is 6.54 Å². The Balaban J connectivity index is 3.10. The summed E-state index contributed by atoms with van der Waals surface area (Å²) in [5.74, 6) is -1.94. The van der Waals surface area contributed by atoms with E-state index in [-0.39, 0.29) is 50.0 Å². The van der Waals surface area contributed by atoms with Gasteiger partial charge < -0.3 is 28.6 Å². The number of rotatable bonds is 14. The van der Waals surface area contributed by atoms with E-state index in [0.717, 1.165) is 0 Å². The molecule has 35 heavy (non-hydrogen) atoms. The van der Waals surface area contributed by atoms with Crippen LogP contribution in [0.1, 0.15) is 67.2 Å². The van der Waals surface area contributed by atoms with E-state index in [1.54, 1.807) is 0 Å². The summed E-state index contributed by atoms with van der Waals surface area (Å²) in [7, 11) is 3.67. The number of hydrogen-bond acceptors (Lipinski definition) is 10. The fourth-order valence-electron chi connectivity index (χ4n) is 3.33. The van der Waals surface area contributed by atoms with E-state index in [9.17, 15) is 19.2 Å². The molecule has 0 amide bonds. The molecule has 1 fully saturated rings. The van der Waals surface area contributed by atoms with Gasteiger partial charge >= 0.3 is 23.9 Å². The molecule has 0 radical (unpaired) electrons. The zero-order chi connectivity index (χ0) is 26.7. The van der Waals surface area contributed by atoms with Crippen molar-refractivity contribution in [3.8, 4) is 0 Å². The highest BCUT2D eigenvalue weighted by molar-refractivity contribution is 5.72. The largest absolute Gasteiger partial charge is 0.463 e. The van der Waals surface area contributed by atoms with E-state index in [4.69, 9.17) is 23.7 Å². The van der Waals surface area contributed by atoms with Crippen LogP contribution in [0, 0.1) is 17.8 Å². The van der Waals surface area contributed by atoms with Crippen molar-refractivity contribution < 1.29 is 42.9 Å². The monoisotopic (exact) mass is 501 g/mol. The van der Waals surface area contributed by atoms with Crippen LogP contribution in [-0.4, -0.2) is 80.6 Å². The van der Waals surface area contributed by atoms with Crippen LogP contribution in [0.3, 0.4) is 0 Å². The lowest BCUT2D eigenvalue weighted by molar-refractivity contribution is -0.200. The lowest BCUT2D eigenvalue weighted by atomic mass is 10.1. The Bertz CT molecular complexity index is 705. The summed E-state index contributed by atoms with van der Waals surface area (Å²) in [6.45, 7) is 11.4. The van der Waals surface area contributed by atoms with E-state index in [1.807, 2.05) is 60.5 Å². The highest BCUT2D eigenvalue weighted by atomic mass is 16.8. The molecule has 10 heteroatoms. The van der Waals surface area contributed by atoms with Crippen LogP contribution in [0.5, 0.6) is 0 Å². The third kappa shape index (κ3) is 12.4. The van der Waals surface area contributed by atoms with Gasteiger partial charge in [-0.1, -0.05) is 41.5 Å². The number of ether oxygens (including phenoxy) is 5. The highest BCUT2D eigenvalue weighted by Crippen LogP contribution is 2.30. The molecule has 0 aromatic carbocycles. The van der Waals surface area contributed by atoms with Gasteiger partial charge in [-0.05, 0) is 31.8 Å².